The molecule has 0 spiro atoms. The molecule has 0 radical (unpaired) electrons. The Morgan fingerprint density at radius 1 is 1.17 bits per heavy atom. The fraction of sp³-hybridized carbons (Fsp3) is 0. The zero-order valence-electron chi connectivity index (χ0n) is 5.94. The predicted molar refractivity (Wildman–Crippen MR) is 49.0 cm³/mol. The second kappa shape index (κ2) is 4.02. The Morgan fingerprint density at radius 3 is 2.50 bits per heavy atom. The van der Waals surface area contributed by atoms with Gasteiger partial charge in [0.1, 0.15) is 0 Å². The molecule has 1 aromatic rings. The third kappa shape index (κ3) is 2.17. The number of halogens is 2. The van der Waals surface area contributed by atoms with Crippen molar-refractivity contribution >= 4 is 23.2 Å². The summed E-state index contributed by atoms with van der Waals surface area (Å²) in [7, 11) is 0. The van der Waals surface area contributed by atoms with Gasteiger partial charge in [-0.15, -0.1) is 0 Å². The lowest BCUT2D eigenvalue weighted by molar-refractivity contribution is 1.55. The standard InChI is InChI=1S/C9H3Cl2N/c10-8-4-3-7(2-1-5-12)6-9(8)11/h3-4,6H. The molecule has 0 aromatic heterocycles. The molecule has 0 bridgehead atoms. The predicted octanol–water partition coefficient (Wildman–Crippen LogP) is 2.87. The largest absolute Gasteiger partial charge is 0.183 e. The van der Waals surface area contributed by atoms with Crippen molar-refractivity contribution in [3.05, 3.63) is 33.8 Å². The summed E-state index contributed by atoms with van der Waals surface area (Å²) >= 11 is 11.4. The summed E-state index contributed by atoms with van der Waals surface area (Å²) in [6.07, 6.45) is 0. The van der Waals surface area contributed by atoms with E-state index in [1.807, 2.05) is 0 Å². The van der Waals surface area contributed by atoms with Gasteiger partial charge in [0.2, 0.25) is 0 Å². The zero-order chi connectivity index (χ0) is 8.97. The Morgan fingerprint density at radius 2 is 1.92 bits per heavy atom. The van der Waals surface area contributed by atoms with Crippen molar-refractivity contribution in [2.75, 3.05) is 0 Å². The lowest BCUT2D eigenvalue weighted by atomic mass is 10.2. The van der Waals surface area contributed by atoms with Gasteiger partial charge in [-0.05, 0) is 18.2 Å². The van der Waals surface area contributed by atoms with E-state index in [0.717, 1.165) is 0 Å². The fourth-order valence-electron chi connectivity index (χ4n) is 0.674. The van der Waals surface area contributed by atoms with Crippen molar-refractivity contribution in [3.63, 3.8) is 0 Å². The van der Waals surface area contributed by atoms with Crippen molar-refractivity contribution in [2.24, 2.45) is 0 Å². The van der Waals surface area contributed by atoms with E-state index in [4.69, 9.17) is 28.5 Å². The molecular formula is C9H3Cl2N. The van der Waals surface area contributed by atoms with Gasteiger partial charge in [-0.2, -0.15) is 5.26 Å². The van der Waals surface area contributed by atoms with Gasteiger partial charge >= 0.3 is 0 Å². The van der Waals surface area contributed by atoms with Crippen molar-refractivity contribution < 1.29 is 0 Å². The molecule has 0 amide bonds. The quantitative estimate of drug-likeness (QED) is 0.585. The fourth-order valence-corrected chi connectivity index (χ4v) is 0.972. The highest BCUT2D eigenvalue weighted by Crippen LogP contribution is 2.21. The lowest BCUT2D eigenvalue weighted by Crippen LogP contribution is -1.74. The second-order valence-corrected chi connectivity index (χ2v) is 2.81. The Kier molecular flexibility index (Phi) is 3.00. The lowest BCUT2D eigenvalue weighted by Gasteiger charge is -1.93. The summed E-state index contributed by atoms with van der Waals surface area (Å²) in [4.78, 5) is 0. The van der Waals surface area contributed by atoms with Crippen molar-refractivity contribution in [1.82, 2.24) is 0 Å². The molecule has 0 aliphatic rings. The molecule has 0 aliphatic carbocycles. The van der Waals surface area contributed by atoms with Crippen LogP contribution in [-0.2, 0) is 0 Å². The molecule has 0 heterocycles. The minimum absolute atomic E-state index is 0.446. The number of benzene rings is 1. The maximum atomic E-state index is 8.17. The Labute approximate surface area is 80.5 Å². The Balaban J connectivity index is 3.07. The molecule has 0 saturated heterocycles. The van der Waals surface area contributed by atoms with E-state index in [1.165, 1.54) is 0 Å². The van der Waals surface area contributed by atoms with Crippen LogP contribution in [0.5, 0.6) is 0 Å². The molecule has 1 aromatic carbocycles. The minimum atomic E-state index is 0.446. The van der Waals surface area contributed by atoms with Crippen LogP contribution in [0.2, 0.25) is 10.0 Å². The zero-order valence-corrected chi connectivity index (χ0v) is 7.45. The van der Waals surface area contributed by atoms with Crippen LogP contribution >= 0.6 is 23.2 Å². The van der Waals surface area contributed by atoms with Gasteiger partial charge in [0.25, 0.3) is 0 Å². The number of nitriles is 1. The maximum absolute atomic E-state index is 8.17. The van der Waals surface area contributed by atoms with Crippen LogP contribution in [0.4, 0.5) is 0 Å². The van der Waals surface area contributed by atoms with E-state index in [2.05, 4.69) is 11.8 Å². The first kappa shape index (κ1) is 8.94. The first-order valence-electron chi connectivity index (χ1n) is 3.09. The molecule has 1 nitrogen and oxygen atoms in total. The Bertz CT molecular complexity index is 393. The third-order valence-electron chi connectivity index (χ3n) is 1.18. The molecule has 0 unspecified atom stereocenters. The highest BCUT2D eigenvalue weighted by Gasteiger charge is 1.95. The number of rotatable bonds is 0. The first-order chi connectivity index (χ1) is 5.74. The van der Waals surface area contributed by atoms with Crippen LogP contribution in [0.3, 0.4) is 0 Å². The molecule has 3 heteroatoms. The summed E-state index contributed by atoms with van der Waals surface area (Å²) in [5.74, 6) is 4.87. The molecule has 1 rings (SSSR count). The SMILES string of the molecule is N#CC#Cc1ccc(Cl)c(Cl)c1. The molecule has 0 saturated carbocycles. The second-order valence-electron chi connectivity index (χ2n) is 1.99. The average Bonchev–Trinajstić information content (AvgIpc) is 2.07. The van der Waals surface area contributed by atoms with Crippen LogP contribution < -0.4 is 0 Å². The molecule has 12 heavy (non-hydrogen) atoms. The molecule has 0 aliphatic heterocycles. The minimum Gasteiger partial charge on any atom is -0.183 e. The monoisotopic (exact) mass is 195 g/mol. The van der Waals surface area contributed by atoms with Gasteiger partial charge in [0.15, 0.2) is 6.07 Å². The molecular weight excluding hydrogens is 193 g/mol. The third-order valence-corrected chi connectivity index (χ3v) is 1.92. The van der Waals surface area contributed by atoms with E-state index < -0.39 is 0 Å². The van der Waals surface area contributed by atoms with Crippen LogP contribution in [0.15, 0.2) is 18.2 Å². The van der Waals surface area contributed by atoms with Crippen molar-refractivity contribution in [3.8, 4) is 17.9 Å². The number of hydrogen-bond acceptors (Lipinski definition) is 1. The van der Waals surface area contributed by atoms with E-state index in [-0.39, 0.29) is 0 Å². The van der Waals surface area contributed by atoms with Crippen molar-refractivity contribution in [2.45, 2.75) is 0 Å². The Hall–Kier alpha value is -1.15. The van der Waals surface area contributed by atoms with Gasteiger partial charge in [0, 0.05) is 11.5 Å². The van der Waals surface area contributed by atoms with Gasteiger partial charge in [0.05, 0.1) is 10.0 Å². The molecule has 0 atom stereocenters. The van der Waals surface area contributed by atoms with Gasteiger partial charge in [-0.3, -0.25) is 0 Å². The first-order valence-corrected chi connectivity index (χ1v) is 3.85. The summed E-state index contributed by atoms with van der Waals surface area (Å²) in [6, 6.07) is 6.68. The van der Waals surface area contributed by atoms with Gasteiger partial charge < -0.3 is 0 Å². The van der Waals surface area contributed by atoms with Crippen LogP contribution in [-0.4, -0.2) is 0 Å². The normalized spacial score (nSPS) is 8.08. The van der Waals surface area contributed by atoms with Crippen LogP contribution in [0.1, 0.15) is 5.56 Å². The van der Waals surface area contributed by atoms with Crippen LogP contribution in [0, 0.1) is 23.2 Å². The highest BCUT2D eigenvalue weighted by atomic mass is 35.5. The highest BCUT2D eigenvalue weighted by molar-refractivity contribution is 6.42. The van der Waals surface area contributed by atoms with E-state index in [0.29, 0.717) is 15.6 Å². The topological polar surface area (TPSA) is 23.8 Å². The molecule has 0 N–H and O–H groups in total. The summed E-state index contributed by atoms with van der Waals surface area (Å²) in [6.45, 7) is 0. The summed E-state index contributed by atoms with van der Waals surface area (Å²) < 4.78 is 0. The number of nitrogens with zero attached hydrogens (tertiary/aromatic N) is 1. The average molecular weight is 196 g/mol. The van der Waals surface area contributed by atoms with E-state index in [1.54, 1.807) is 24.3 Å². The number of hydrogen-bond donors (Lipinski definition) is 0. The van der Waals surface area contributed by atoms with Crippen molar-refractivity contribution in [1.29, 1.82) is 5.26 Å². The van der Waals surface area contributed by atoms with E-state index in [9.17, 15) is 0 Å². The summed E-state index contributed by atoms with van der Waals surface area (Å²) in [5.41, 5.74) is 0.686. The smallest absolute Gasteiger partial charge is 0.152 e. The van der Waals surface area contributed by atoms with Crippen LogP contribution in [0.25, 0.3) is 0 Å². The van der Waals surface area contributed by atoms with E-state index >= 15 is 0 Å². The van der Waals surface area contributed by atoms with Gasteiger partial charge in [-0.25, -0.2) is 0 Å². The van der Waals surface area contributed by atoms with Gasteiger partial charge in [-0.1, -0.05) is 29.1 Å². The summed E-state index contributed by atoms with van der Waals surface area (Å²) in [5, 5.41) is 9.10. The molecule has 0 fully saturated rings. The maximum Gasteiger partial charge on any atom is 0.152 e. The molecule has 58 valence electrons.